The van der Waals surface area contributed by atoms with E-state index in [1.54, 1.807) is 24.5 Å². The van der Waals surface area contributed by atoms with Gasteiger partial charge in [0.2, 0.25) is 10.0 Å². The van der Waals surface area contributed by atoms with Crippen molar-refractivity contribution in [3.8, 4) is 11.6 Å². The lowest BCUT2D eigenvalue weighted by Crippen LogP contribution is -2.29. The number of benzene rings is 1. The van der Waals surface area contributed by atoms with Gasteiger partial charge in [0.25, 0.3) is 0 Å². The van der Waals surface area contributed by atoms with Crippen molar-refractivity contribution in [1.29, 1.82) is 0 Å². The van der Waals surface area contributed by atoms with E-state index in [1.807, 2.05) is 48.2 Å². The molecule has 202 valence electrons. The molecular formula is C28H30N6O3S2. The van der Waals surface area contributed by atoms with E-state index in [0.29, 0.717) is 22.2 Å². The quantitative estimate of drug-likeness (QED) is 0.311. The van der Waals surface area contributed by atoms with Crippen LogP contribution in [-0.2, 0) is 10.0 Å². The monoisotopic (exact) mass is 562 g/mol. The Kier molecular flexibility index (Phi) is 7.04. The molecule has 0 amide bonds. The lowest BCUT2D eigenvalue weighted by Gasteiger charge is -2.29. The van der Waals surface area contributed by atoms with Crippen LogP contribution in [0, 0.1) is 20.8 Å². The molecule has 0 radical (unpaired) electrons. The SMILES string of the molecule is COc1ccc(N2C(=S)N[C@@H](c3ccccn3)[C@@H]2c2cc(C)n(-c3ncccc3C)c2C)cc1NS(C)(=O)=O. The Balaban J connectivity index is 1.69. The van der Waals surface area contributed by atoms with Gasteiger partial charge in [-0.2, -0.15) is 0 Å². The van der Waals surface area contributed by atoms with E-state index >= 15 is 0 Å². The molecule has 3 aromatic heterocycles. The van der Waals surface area contributed by atoms with Crippen molar-refractivity contribution in [1.82, 2.24) is 19.9 Å². The molecule has 1 aliphatic rings. The highest BCUT2D eigenvalue weighted by Crippen LogP contribution is 2.45. The molecule has 1 fully saturated rings. The van der Waals surface area contributed by atoms with Gasteiger partial charge in [-0.3, -0.25) is 9.71 Å². The molecule has 0 saturated carbocycles. The molecule has 9 nitrogen and oxygen atoms in total. The van der Waals surface area contributed by atoms with Crippen molar-refractivity contribution in [3.05, 3.63) is 95.2 Å². The maximum absolute atomic E-state index is 12.1. The summed E-state index contributed by atoms with van der Waals surface area (Å²) in [5.41, 5.74) is 6.06. The highest BCUT2D eigenvalue weighted by Gasteiger charge is 2.42. The van der Waals surface area contributed by atoms with Crippen molar-refractivity contribution < 1.29 is 13.2 Å². The highest BCUT2D eigenvalue weighted by atomic mass is 32.2. The second kappa shape index (κ2) is 10.3. The fourth-order valence-electron chi connectivity index (χ4n) is 5.20. The third-order valence-electron chi connectivity index (χ3n) is 6.84. The number of aromatic nitrogens is 3. The third kappa shape index (κ3) is 5.07. The van der Waals surface area contributed by atoms with E-state index < -0.39 is 10.0 Å². The molecule has 4 heterocycles. The standard InChI is InChI=1S/C28H30N6O3S2/c1-17-9-8-14-30-27(17)33-18(2)15-21(19(33)3)26-25(22-10-6-7-13-29-22)31-28(38)34(26)20-11-12-24(37-4)23(16-20)32-39(5,35)36/h6-16,25-26,32H,1-5H3,(H,31,38)/t25-,26-/m0/s1. The Labute approximate surface area is 233 Å². The van der Waals surface area contributed by atoms with Crippen LogP contribution in [0.5, 0.6) is 5.75 Å². The van der Waals surface area contributed by atoms with Gasteiger partial charge in [-0.25, -0.2) is 13.4 Å². The molecule has 0 bridgehead atoms. The van der Waals surface area contributed by atoms with Crippen molar-refractivity contribution in [3.63, 3.8) is 0 Å². The Morgan fingerprint density at radius 1 is 1.03 bits per heavy atom. The van der Waals surface area contributed by atoms with Crippen molar-refractivity contribution >= 4 is 38.7 Å². The molecule has 0 spiro atoms. The minimum atomic E-state index is -3.54. The van der Waals surface area contributed by atoms with Crippen LogP contribution in [0.3, 0.4) is 0 Å². The number of sulfonamides is 1. The van der Waals surface area contributed by atoms with E-state index in [1.165, 1.54) is 7.11 Å². The van der Waals surface area contributed by atoms with Crippen molar-refractivity contribution in [2.45, 2.75) is 32.9 Å². The van der Waals surface area contributed by atoms with Gasteiger partial charge in [0.15, 0.2) is 5.11 Å². The fourth-order valence-corrected chi connectivity index (χ4v) is 6.10. The van der Waals surface area contributed by atoms with Crippen LogP contribution in [0.4, 0.5) is 11.4 Å². The summed E-state index contributed by atoms with van der Waals surface area (Å²) in [6.07, 6.45) is 4.67. The topological polar surface area (TPSA) is 101 Å². The zero-order chi connectivity index (χ0) is 27.9. The third-order valence-corrected chi connectivity index (χ3v) is 7.74. The largest absolute Gasteiger partial charge is 0.495 e. The number of thiocarbonyl (C=S) groups is 1. The summed E-state index contributed by atoms with van der Waals surface area (Å²) in [5.74, 6) is 1.28. The molecule has 1 aromatic carbocycles. The zero-order valence-electron chi connectivity index (χ0n) is 22.3. The molecule has 11 heteroatoms. The van der Waals surface area contributed by atoms with Crippen molar-refractivity contribution in [2.24, 2.45) is 0 Å². The van der Waals surface area contributed by atoms with Crippen LogP contribution < -0.4 is 19.7 Å². The Morgan fingerprint density at radius 3 is 2.46 bits per heavy atom. The fraction of sp³-hybridized carbons (Fsp3) is 0.250. The number of ether oxygens (including phenoxy) is 1. The summed E-state index contributed by atoms with van der Waals surface area (Å²) in [5, 5.41) is 3.98. The van der Waals surface area contributed by atoms with Gasteiger partial charge in [0.1, 0.15) is 11.6 Å². The molecule has 2 N–H and O–H groups in total. The average Bonchev–Trinajstić information content (AvgIpc) is 3.39. The van der Waals surface area contributed by atoms with Gasteiger partial charge in [0.05, 0.1) is 36.8 Å². The molecular weight excluding hydrogens is 532 g/mol. The van der Waals surface area contributed by atoms with Crippen LogP contribution in [0.2, 0.25) is 0 Å². The first-order valence-electron chi connectivity index (χ1n) is 12.4. The van der Waals surface area contributed by atoms with E-state index in [-0.39, 0.29) is 12.1 Å². The normalized spacial score (nSPS) is 17.3. The number of anilines is 2. The molecule has 1 saturated heterocycles. The Morgan fingerprint density at radius 2 is 1.79 bits per heavy atom. The van der Waals surface area contributed by atoms with Gasteiger partial charge in [-0.05, 0) is 86.6 Å². The number of hydrogen-bond donors (Lipinski definition) is 2. The van der Waals surface area contributed by atoms with Crippen LogP contribution in [0.1, 0.15) is 40.3 Å². The first kappa shape index (κ1) is 26.6. The number of methoxy groups -OCH3 is 1. The summed E-state index contributed by atoms with van der Waals surface area (Å²) >= 11 is 5.89. The number of hydrogen-bond acceptors (Lipinski definition) is 6. The van der Waals surface area contributed by atoms with E-state index in [4.69, 9.17) is 17.0 Å². The Bertz CT molecular complexity index is 1650. The molecule has 1 aliphatic heterocycles. The van der Waals surface area contributed by atoms with E-state index in [9.17, 15) is 8.42 Å². The highest BCUT2D eigenvalue weighted by molar-refractivity contribution is 7.92. The van der Waals surface area contributed by atoms with Gasteiger partial charge in [0, 0.05) is 29.5 Å². The average molecular weight is 563 g/mol. The maximum Gasteiger partial charge on any atom is 0.229 e. The van der Waals surface area contributed by atoms with Gasteiger partial charge in [-0.1, -0.05) is 12.1 Å². The molecule has 5 rings (SSSR count). The van der Waals surface area contributed by atoms with Crippen LogP contribution >= 0.6 is 12.2 Å². The van der Waals surface area contributed by atoms with E-state index in [2.05, 4.69) is 44.5 Å². The first-order chi connectivity index (χ1) is 18.6. The van der Waals surface area contributed by atoms with Gasteiger partial charge in [-0.15, -0.1) is 0 Å². The summed E-state index contributed by atoms with van der Waals surface area (Å²) in [6.45, 7) is 6.19. The predicted octanol–water partition coefficient (Wildman–Crippen LogP) is 4.75. The van der Waals surface area contributed by atoms with Crippen LogP contribution in [0.25, 0.3) is 5.82 Å². The van der Waals surface area contributed by atoms with Crippen LogP contribution in [-0.4, -0.2) is 41.4 Å². The van der Waals surface area contributed by atoms with E-state index in [0.717, 1.165) is 40.3 Å². The zero-order valence-corrected chi connectivity index (χ0v) is 24.0. The summed E-state index contributed by atoms with van der Waals surface area (Å²) in [6, 6.07) is 16.7. The summed E-state index contributed by atoms with van der Waals surface area (Å²) < 4.78 is 34.3. The maximum atomic E-state index is 12.1. The lowest BCUT2D eigenvalue weighted by molar-refractivity contribution is 0.417. The number of nitrogens with one attached hydrogen (secondary N) is 2. The lowest BCUT2D eigenvalue weighted by atomic mass is 9.96. The van der Waals surface area contributed by atoms with Gasteiger partial charge >= 0.3 is 0 Å². The second-order valence-electron chi connectivity index (χ2n) is 9.56. The second-order valence-corrected chi connectivity index (χ2v) is 11.7. The molecule has 0 unspecified atom stereocenters. The number of rotatable bonds is 7. The van der Waals surface area contributed by atoms with Crippen molar-refractivity contribution in [2.75, 3.05) is 23.0 Å². The smallest absolute Gasteiger partial charge is 0.229 e. The molecule has 4 aromatic rings. The number of aryl methyl sites for hydroxylation is 2. The van der Waals surface area contributed by atoms with Crippen LogP contribution in [0.15, 0.2) is 67.0 Å². The molecule has 39 heavy (non-hydrogen) atoms. The minimum Gasteiger partial charge on any atom is -0.495 e. The molecule has 0 aliphatic carbocycles. The molecule has 2 atom stereocenters. The first-order valence-corrected chi connectivity index (χ1v) is 14.7. The predicted molar refractivity (Wildman–Crippen MR) is 157 cm³/mol. The summed E-state index contributed by atoms with van der Waals surface area (Å²) in [4.78, 5) is 11.3. The number of nitrogens with zero attached hydrogens (tertiary/aromatic N) is 4. The minimum absolute atomic E-state index is 0.258. The Hall–Kier alpha value is -3.96. The number of pyridine rings is 2. The summed E-state index contributed by atoms with van der Waals surface area (Å²) in [7, 11) is -2.05. The van der Waals surface area contributed by atoms with Gasteiger partial charge < -0.3 is 19.5 Å².